The van der Waals surface area contributed by atoms with Gasteiger partial charge in [0.2, 0.25) is 0 Å². The van der Waals surface area contributed by atoms with Crippen molar-refractivity contribution in [2.45, 2.75) is 52.8 Å². The highest BCUT2D eigenvalue weighted by atomic mass is 28.3. The predicted octanol–water partition coefficient (Wildman–Crippen LogP) is 5.39. The monoisotopic (exact) mass is 350 g/mol. The maximum absolute atomic E-state index is 11.6. The van der Waals surface area contributed by atoms with E-state index in [1.54, 1.807) is 0 Å². The van der Waals surface area contributed by atoms with Crippen LogP contribution in [0, 0.1) is 11.8 Å². The molecule has 0 amide bonds. The number of benzene rings is 1. The molecule has 25 heavy (non-hydrogen) atoms. The van der Waals surface area contributed by atoms with Gasteiger partial charge in [0.15, 0.2) is 5.76 Å². The Morgan fingerprint density at radius 3 is 2.32 bits per heavy atom. The van der Waals surface area contributed by atoms with Crippen molar-refractivity contribution in [3.05, 3.63) is 63.7 Å². The van der Waals surface area contributed by atoms with E-state index in [0.717, 1.165) is 36.0 Å². The summed E-state index contributed by atoms with van der Waals surface area (Å²) in [4.78, 5) is 11.6. The van der Waals surface area contributed by atoms with E-state index >= 15 is 0 Å². The molecule has 3 heteroatoms. The Morgan fingerprint density at radius 2 is 1.72 bits per heavy atom. The second-order valence-corrected chi connectivity index (χ2v) is 12.6. The van der Waals surface area contributed by atoms with Crippen LogP contribution >= 0.6 is 0 Å². The second-order valence-electron chi connectivity index (χ2n) is 7.35. The Kier molecular flexibility index (Phi) is 6.25. The van der Waals surface area contributed by atoms with Gasteiger partial charge in [0, 0.05) is 23.6 Å². The fraction of sp³-hybridized carbons (Fsp3) is 0.364. The molecule has 0 atom stereocenters. The van der Waals surface area contributed by atoms with Crippen LogP contribution in [0.4, 0.5) is 0 Å². The van der Waals surface area contributed by atoms with Crippen LogP contribution in [0.1, 0.15) is 38.7 Å². The first-order valence-electron chi connectivity index (χ1n) is 8.73. The van der Waals surface area contributed by atoms with Crippen LogP contribution in [0.2, 0.25) is 19.6 Å². The quantitative estimate of drug-likeness (QED) is 0.240. The van der Waals surface area contributed by atoms with Crippen molar-refractivity contribution in [2.24, 2.45) is 0 Å². The number of esters is 1. The predicted molar refractivity (Wildman–Crippen MR) is 106 cm³/mol. The number of rotatable bonds is 3. The van der Waals surface area contributed by atoms with Crippen molar-refractivity contribution in [2.75, 3.05) is 0 Å². The number of hydrogen-bond acceptors (Lipinski definition) is 2. The summed E-state index contributed by atoms with van der Waals surface area (Å²) in [5.41, 5.74) is 6.48. The maximum Gasteiger partial charge on any atom is 0.308 e. The summed E-state index contributed by atoms with van der Waals surface area (Å²) in [6.45, 7) is 10.3. The van der Waals surface area contributed by atoms with Gasteiger partial charge in [-0.2, -0.15) is 0 Å². The zero-order valence-corrected chi connectivity index (χ0v) is 16.8. The van der Waals surface area contributed by atoms with E-state index in [4.69, 9.17) is 4.74 Å². The van der Waals surface area contributed by atoms with Crippen LogP contribution in [0.25, 0.3) is 0 Å². The van der Waals surface area contributed by atoms with E-state index in [0.29, 0.717) is 5.76 Å². The van der Waals surface area contributed by atoms with Gasteiger partial charge in [0.25, 0.3) is 0 Å². The first-order valence-corrected chi connectivity index (χ1v) is 12.2. The third kappa shape index (κ3) is 5.64. The molecule has 0 saturated heterocycles. The number of hydrogen-bond donors (Lipinski definition) is 0. The number of carbonyl (C=O) groups excluding carboxylic acids is 1. The Hall–Kier alpha value is -2.27. The number of carbonyl (C=O) groups is 1. The first-order chi connectivity index (χ1) is 11.8. The zero-order chi connectivity index (χ0) is 18.4. The Balaban J connectivity index is 2.50. The largest absolute Gasteiger partial charge is 0.418 e. The van der Waals surface area contributed by atoms with Gasteiger partial charge in [0.05, 0.1) is 8.07 Å². The van der Waals surface area contributed by atoms with Gasteiger partial charge in [-0.3, -0.25) is 4.79 Å². The summed E-state index contributed by atoms with van der Waals surface area (Å²) in [6, 6.07) is 9.95. The number of allylic oxidation sites excluding steroid dienone is 2. The molecule has 130 valence electrons. The van der Waals surface area contributed by atoms with Gasteiger partial charge in [-0.1, -0.05) is 55.4 Å². The standard InChI is InChI=1S/C22H26O2Si/c1-17(25(3,4)5)16-22(24-18(2)23)21-13-9-12-20(21)15-14-19-10-7-6-8-11-19/h6-8,10-11H,9,12-13H2,1-5H3. The van der Waals surface area contributed by atoms with Gasteiger partial charge in [-0.05, 0) is 43.5 Å². The molecule has 0 saturated carbocycles. The fourth-order valence-electron chi connectivity index (χ4n) is 2.47. The van der Waals surface area contributed by atoms with Crippen molar-refractivity contribution >= 4 is 14.0 Å². The van der Waals surface area contributed by atoms with Crippen LogP contribution in [0.5, 0.6) is 0 Å². The van der Waals surface area contributed by atoms with E-state index in [1.807, 2.05) is 30.3 Å². The van der Waals surface area contributed by atoms with Crippen LogP contribution in [-0.4, -0.2) is 14.0 Å². The van der Waals surface area contributed by atoms with Crippen molar-refractivity contribution in [3.63, 3.8) is 0 Å². The number of ether oxygens (including phenoxy) is 1. The van der Waals surface area contributed by atoms with Crippen LogP contribution in [-0.2, 0) is 9.53 Å². The molecular formula is C22H26O2Si. The molecule has 1 aromatic carbocycles. The molecule has 0 unspecified atom stereocenters. The average molecular weight is 351 g/mol. The average Bonchev–Trinajstić information content (AvgIpc) is 3.00. The minimum atomic E-state index is -1.48. The molecule has 0 aromatic heterocycles. The van der Waals surface area contributed by atoms with E-state index in [-0.39, 0.29) is 5.97 Å². The molecule has 0 spiro atoms. The lowest BCUT2D eigenvalue weighted by Gasteiger charge is -2.15. The molecule has 0 aliphatic heterocycles. The normalized spacial score (nSPS) is 13.6. The fourth-order valence-corrected chi connectivity index (χ4v) is 2.95. The minimum absolute atomic E-state index is 0.305. The Morgan fingerprint density at radius 1 is 1.04 bits per heavy atom. The maximum atomic E-state index is 11.6. The summed E-state index contributed by atoms with van der Waals surface area (Å²) >= 11 is 0. The molecule has 0 radical (unpaired) electrons. The molecule has 1 aliphatic rings. The molecule has 0 N–H and O–H groups in total. The van der Waals surface area contributed by atoms with Crippen molar-refractivity contribution in [1.29, 1.82) is 0 Å². The summed E-state index contributed by atoms with van der Waals surface area (Å²) in [6.07, 6.45) is 2.84. The summed E-state index contributed by atoms with van der Waals surface area (Å²) < 4.78 is 5.52. The lowest BCUT2D eigenvalue weighted by molar-refractivity contribution is -0.136. The minimum Gasteiger partial charge on any atom is -0.418 e. The van der Waals surface area contributed by atoms with E-state index in [2.05, 4.69) is 44.1 Å². The van der Waals surface area contributed by atoms with Gasteiger partial charge < -0.3 is 4.74 Å². The summed E-state index contributed by atoms with van der Waals surface area (Å²) in [7, 11) is -1.48. The lowest BCUT2D eigenvalue weighted by Crippen LogP contribution is -2.21. The molecule has 1 aliphatic carbocycles. The Labute approximate surface area is 152 Å². The molecule has 1 aromatic rings. The summed E-state index contributed by atoms with van der Waals surface area (Å²) in [5.74, 6) is 6.78. The van der Waals surface area contributed by atoms with Gasteiger partial charge in [-0.25, -0.2) is 0 Å². The van der Waals surface area contributed by atoms with Crippen LogP contribution < -0.4 is 0 Å². The van der Waals surface area contributed by atoms with E-state index in [1.165, 1.54) is 12.1 Å². The first kappa shape index (κ1) is 19.1. The van der Waals surface area contributed by atoms with Crippen molar-refractivity contribution < 1.29 is 9.53 Å². The molecule has 2 nitrogen and oxygen atoms in total. The summed E-state index contributed by atoms with van der Waals surface area (Å²) in [5, 5.41) is 1.19. The van der Waals surface area contributed by atoms with E-state index in [9.17, 15) is 4.79 Å². The van der Waals surface area contributed by atoms with Crippen molar-refractivity contribution in [3.8, 4) is 11.8 Å². The molecule has 0 bridgehead atoms. The zero-order valence-electron chi connectivity index (χ0n) is 15.8. The van der Waals surface area contributed by atoms with Gasteiger partial charge in [-0.15, -0.1) is 0 Å². The third-order valence-electron chi connectivity index (χ3n) is 4.30. The SMILES string of the molecule is CC(=O)OC(=C=C(C)[Si](C)(C)C)C1=C(C#Cc2ccccc2)CCC1. The molecular weight excluding hydrogens is 324 g/mol. The Bertz CT molecular complexity index is 805. The highest BCUT2D eigenvalue weighted by Crippen LogP contribution is 2.32. The molecule has 0 heterocycles. The molecule has 2 rings (SSSR count). The van der Waals surface area contributed by atoms with Gasteiger partial charge in [0.1, 0.15) is 0 Å². The van der Waals surface area contributed by atoms with Crippen LogP contribution in [0.15, 0.2) is 58.2 Å². The third-order valence-corrected chi connectivity index (χ3v) is 6.67. The lowest BCUT2D eigenvalue weighted by atomic mass is 10.1. The highest BCUT2D eigenvalue weighted by Gasteiger charge is 2.21. The van der Waals surface area contributed by atoms with Crippen molar-refractivity contribution in [1.82, 2.24) is 0 Å². The second kappa shape index (κ2) is 8.21. The van der Waals surface area contributed by atoms with E-state index < -0.39 is 8.07 Å². The highest BCUT2D eigenvalue weighted by molar-refractivity contribution is 6.82. The smallest absolute Gasteiger partial charge is 0.308 e. The topological polar surface area (TPSA) is 26.3 Å². The van der Waals surface area contributed by atoms with Gasteiger partial charge >= 0.3 is 5.97 Å². The van der Waals surface area contributed by atoms with Crippen LogP contribution in [0.3, 0.4) is 0 Å². The molecule has 0 fully saturated rings.